The van der Waals surface area contributed by atoms with E-state index in [1.807, 2.05) is 0 Å². The Bertz CT molecular complexity index is 295. The van der Waals surface area contributed by atoms with Gasteiger partial charge < -0.3 is 0 Å². The van der Waals surface area contributed by atoms with E-state index < -0.39 is 0 Å². The van der Waals surface area contributed by atoms with Gasteiger partial charge in [-0.05, 0) is 24.7 Å². The summed E-state index contributed by atoms with van der Waals surface area (Å²) in [5.74, 6) is 0.670. The zero-order chi connectivity index (χ0) is 10.8. The highest BCUT2D eigenvalue weighted by Gasteiger charge is 2.28. The molecule has 0 fully saturated rings. The molecule has 0 spiro atoms. The summed E-state index contributed by atoms with van der Waals surface area (Å²) in [5, 5.41) is 4.38. The minimum atomic E-state index is 0.320. The molecule has 0 aromatic carbocycles. The fraction of sp³-hybridized carbons (Fsp3) is 0.727. The molecule has 1 aromatic heterocycles. The molecule has 3 heteroatoms. The van der Waals surface area contributed by atoms with Crippen LogP contribution < -0.4 is 0 Å². The number of aromatic nitrogens is 1. The van der Waals surface area contributed by atoms with Crippen LogP contribution in [0.1, 0.15) is 31.5 Å². The summed E-state index contributed by atoms with van der Waals surface area (Å²) in [6, 6.07) is 0. The Morgan fingerprint density at radius 1 is 1.57 bits per heavy atom. The summed E-state index contributed by atoms with van der Waals surface area (Å²) in [4.78, 5) is 4.52. The standard InChI is InChI=1S/C11H18BrNS/c1-8(2)11(4,7-12)5-10-6-14-9(3)13-10/h6,8H,5,7H2,1-4H3. The van der Waals surface area contributed by atoms with Crippen molar-refractivity contribution in [3.05, 3.63) is 16.1 Å². The number of hydrogen-bond acceptors (Lipinski definition) is 2. The van der Waals surface area contributed by atoms with Gasteiger partial charge in [0, 0.05) is 10.7 Å². The van der Waals surface area contributed by atoms with E-state index >= 15 is 0 Å². The maximum absolute atomic E-state index is 4.52. The largest absolute Gasteiger partial charge is 0.247 e. The Kier molecular flexibility index (Phi) is 4.14. The lowest BCUT2D eigenvalue weighted by Crippen LogP contribution is -2.28. The van der Waals surface area contributed by atoms with Crippen molar-refractivity contribution in [1.82, 2.24) is 4.98 Å². The van der Waals surface area contributed by atoms with Gasteiger partial charge >= 0.3 is 0 Å². The summed E-state index contributed by atoms with van der Waals surface area (Å²) in [6.45, 7) is 8.94. The number of nitrogens with zero attached hydrogens (tertiary/aromatic N) is 1. The number of rotatable bonds is 4. The van der Waals surface area contributed by atoms with Crippen LogP contribution in [0.2, 0.25) is 0 Å². The second-order valence-corrected chi connectivity index (χ2v) is 6.10. The molecular weight excluding hydrogens is 258 g/mol. The number of alkyl halides is 1. The van der Waals surface area contributed by atoms with Crippen molar-refractivity contribution < 1.29 is 0 Å². The molecule has 0 radical (unpaired) electrons. The van der Waals surface area contributed by atoms with E-state index in [1.54, 1.807) is 11.3 Å². The van der Waals surface area contributed by atoms with Gasteiger partial charge in [-0.15, -0.1) is 11.3 Å². The van der Waals surface area contributed by atoms with Gasteiger partial charge in [0.15, 0.2) is 0 Å². The quantitative estimate of drug-likeness (QED) is 0.756. The molecule has 0 aliphatic rings. The first-order valence-electron chi connectivity index (χ1n) is 4.95. The number of aryl methyl sites for hydroxylation is 1. The van der Waals surface area contributed by atoms with Crippen LogP contribution in [0.4, 0.5) is 0 Å². The molecular formula is C11H18BrNS. The van der Waals surface area contributed by atoms with Crippen LogP contribution in [0, 0.1) is 18.3 Å². The van der Waals surface area contributed by atoms with Crippen LogP contribution >= 0.6 is 27.3 Å². The minimum absolute atomic E-state index is 0.320. The van der Waals surface area contributed by atoms with E-state index in [-0.39, 0.29) is 0 Å². The zero-order valence-electron chi connectivity index (χ0n) is 9.30. The van der Waals surface area contributed by atoms with Crippen LogP contribution in [0.15, 0.2) is 5.38 Å². The molecule has 0 aliphatic heterocycles. The molecule has 0 bridgehead atoms. The van der Waals surface area contributed by atoms with Crippen LogP contribution in [0.5, 0.6) is 0 Å². The van der Waals surface area contributed by atoms with Gasteiger partial charge in [0.1, 0.15) is 0 Å². The Morgan fingerprint density at radius 3 is 2.57 bits per heavy atom. The summed E-state index contributed by atoms with van der Waals surface area (Å²) < 4.78 is 0. The normalized spacial score (nSPS) is 15.9. The third-order valence-corrected chi connectivity index (χ3v) is 5.05. The van der Waals surface area contributed by atoms with Gasteiger partial charge in [0.25, 0.3) is 0 Å². The molecule has 14 heavy (non-hydrogen) atoms. The van der Waals surface area contributed by atoms with Gasteiger partial charge in [-0.3, -0.25) is 0 Å². The highest BCUT2D eigenvalue weighted by molar-refractivity contribution is 9.09. The third-order valence-electron chi connectivity index (χ3n) is 2.95. The van der Waals surface area contributed by atoms with E-state index in [0.29, 0.717) is 11.3 Å². The van der Waals surface area contributed by atoms with Crippen molar-refractivity contribution >= 4 is 27.3 Å². The SMILES string of the molecule is Cc1nc(CC(C)(CBr)C(C)C)cs1. The van der Waals surface area contributed by atoms with Gasteiger partial charge in [-0.2, -0.15) is 0 Å². The summed E-state index contributed by atoms with van der Waals surface area (Å²) in [5.41, 5.74) is 1.56. The molecule has 0 saturated carbocycles. The summed E-state index contributed by atoms with van der Waals surface area (Å²) in [6.07, 6.45) is 1.07. The van der Waals surface area contributed by atoms with E-state index in [0.717, 1.165) is 11.8 Å². The Balaban J connectivity index is 2.75. The number of hydrogen-bond donors (Lipinski definition) is 0. The Labute approximate surface area is 99.1 Å². The van der Waals surface area contributed by atoms with Crippen molar-refractivity contribution in [1.29, 1.82) is 0 Å². The molecule has 1 heterocycles. The molecule has 1 nitrogen and oxygen atoms in total. The fourth-order valence-electron chi connectivity index (χ4n) is 1.31. The molecule has 1 unspecified atom stereocenters. The van der Waals surface area contributed by atoms with Crippen LogP contribution in [0.25, 0.3) is 0 Å². The Hall–Kier alpha value is 0.110. The smallest absolute Gasteiger partial charge is 0.0897 e. The van der Waals surface area contributed by atoms with Crippen LogP contribution in [-0.2, 0) is 6.42 Å². The maximum atomic E-state index is 4.52. The summed E-state index contributed by atoms with van der Waals surface area (Å²) >= 11 is 5.35. The van der Waals surface area contributed by atoms with Gasteiger partial charge in [0.05, 0.1) is 10.7 Å². The van der Waals surface area contributed by atoms with Crippen LogP contribution in [-0.4, -0.2) is 10.3 Å². The summed E-state index contributed by atoms with van der Waals surface area (Å²) in [7, 11) is 0. The number of thiazole rings is 1. The van der Waals surface area contributed by atoms with Crippen molar-refractivity contribution in [3.63, 3.8) is 0 Å². The molecule has 0 saturated heterocycles. The first-order valence-corrected chi connectivity index (χ1v) is 6.95. The van der Waals surface area contributed by atoms with Crippen molar-refractivity contribution in [3.8, 4) is 0 Å². The molecule has 0 N–H and O–H groups in total. The zero-order valence-corrected chi connectivity index (χ0v) is 11.7. The van der Waals surface area contributed by atoms with Crippen molar-refractivity contribution in [2.75, 3.05) is 5.33 Å². The molecule has 0 aliphatic carbocycles. The molecule has 80 valence electrons. The van der Waals surface area contributed by atoms with Gasteiger partial charge in [-0.1, -0.05) is 36.7 Å². The highest BCUT2D eigenvalue weighted by atomic mass is 79.9. The molecule has 1 aromatic rings. The first kappa shape index (κ1) is 12.2. The molecule has 0 amide bonds. The lowest BCUT2D eigenvalue weighted by atomic mass is 9.77. The third kappa shape index (κ3) is 2.80. The highest BCUT2D eigenvalue weighted by Crippen LogP contribution is 2.33. The predicted molar refractivity (Wildman–Crippen MR) is 67.3 cm³/mol. The average Bonchev–Trinajstić information content (AvgIpc) is 2.50. The maximum Gasteiger partial charge on any atom is 0.0897 e. The fourth-order valence-corrected chi connectivity index (χ4v) is 2.77. The molecule has 1 atom stereocenters. The van der Waals surface area contributed by atoms with Gasteiger partial charge in [0.2, 0.25) is 0 Å². The lowest BCUT2D eigenvalue weighted by molar-refractivity contribution is 0.256. The minimum Gasteiger partial charge on any atom is -0.247 e. The molecule has 1 rings (SSSR count). The van der Waals surface area contributed by atoms with Gasteiger partial charge in [-0.25, -0.2) is 4.98 Å². The second kappa shape index (κ2) is 4.75. The van der Waals surface area contributed by atoms with Crippen molar-refractivity contribution in [2.45, 2.75) is 34.1 Å². The predicted octanol–water partition coefficient (Wildman–Crippen LogP) is 4.05. The monoisotopic (exact) mass is 275 g/mol. The average molecular weight is 276 g/mol. The Morgan fingerprint density at radius 2 is 2.21 bits per heavy atom. The topological polar surface area (TPSA) is 12.9 Å². The van der Waals surface area contributed by atoms with E-state index in [1.165, 1.54) is 10.7 Å². The number of halogens is 1. The lowest BCUT2D eigenvalue weighted by Gasteiger charge is -2.31. The van der Waals surface area contributed by atoms with E-state index in [4.69, 9.17) is 0 Å². The van der Waals surface area contributed by atoms with Crippen LogP contribution in [0.3, 0.4) is 0 Å². The first-order chi connectivity index (χ1) is 6.48. The van der Waals surface area contributed by atoms with E-state index in [9.17, 15) is 0 Å². The second-order valence-electron chi connectivity index (χ2n) is 4.48. The van der Waals surface area contributed by atoms with E-state index in [2.05, 4.69) is 54.0 Å². The van der Waals surface area contributed by atoms with Crippen molar-refractivity contribution in [2.24, 2.45) is 11.3 Å².